The van der Waals surface area contributed by atoms with Gasteiger partial charge in [0.2, 0.25) is 5.91 Å². The van der Waals surface area contributed by atoms with E-state index in [0.717, 1.165) is 38.6 Å². The molecule has 4 heteroatoms. The summed E-state index contributed by atoms with van der Waals surface area (Å²) < 4.78 is 0. The van der Waals surface area contributed by atoms with Crippen LogP contribution < -0.4 is 4.90 Å². The van der Waals surface area contributed by atoms with E-state index in [2.05, 4.69) is 46.7 Å². The number of anilines is 1. The number of hydrogen-bond acceptors (Lipinski definition) is 3. The third kappa shape index (κ3) is 4.01. The second-order valence-electron chi connectivity index (χ2n) is 8.82. The Balaban J connectivity index is 1.32. The summed E-state index contributed by atoms with van der Waals surface area (Å²) >= 11 is 0. The first-order chi connectivity index (χ1) is 13.1. The van der Waals surface area contributed by atoms with Gasteiger partial charge in [-0.1, -0.05) is 25.0 Å². The minimum Gasteiger partial charge on any atom is -0.369 e. The summed E-state index contributed by atoms with van der Waals surface area (Å²) in [5.74, 6) is 1.16. The van der Waals surface area contributed by atoms with E-state index in [1.54, 1.807) is 0 Å². The Kier molecular flexibility index (Phi) is 5.72. The topological polar surface area (TPSA) is 26.8 Å². The number of benzene rings is 1. The summed E-state index contributed by atoms with van der Waals surface area (Å²) in [7, 11) is 0. The molecule has 1 aliphatic carbocycles. The maximum Gasteiger partial charge on any atom is 0.237 e. The number of hydrogen-bond donors (Lipinski definition) is 0. The van der Waals surface area contributed by atoms with Gasteiger partial charge < -0.3 is 9.80 Å². The van der Waals surface area contributed by atoms with Crippen LogP contribution in [0.3, 0.4) is 0 Å². The fourth-order valence-corrected chi connectivity index (χ4v) is 5.44. The molecule has 0 spiro atoms. The van der Waals surface area contributed by atoms with Gasteiger partial charge >= 0.3 is 0 Å². The summed E-state index contributed by atoms with van der Waals surface area (Å²) in [5, 5.41) is 0. The SMILES string of the molecule is Cc1cccc(N2CCN(CC(=O)N3CCC[C@@H]4CCCC[C@@H]43)CC2)c1C. The second kappa shape index (κ2) is 8.22. The van der Waals surface area contributed by atoms with Gasteiger partial charge in [0.15, 0.2) is 0 Å². The maximum absolute atomic E-state index is 13.0. The average molecular weight is 370 g/mol. The lowest BCUT2D eigenvalue weighted by atomic mass is 9.78. The lowest BCUT2D eigenvalue weighted by molar-refractivity contribution is -0.138. The summed E-state index contributed by atoms with van der Waals surface area (Å²) in [6.07, 6.45) is 7.78. The molecule has 4 nitrogen and oxygen atoms in total. The molecule has 3 aliphatic rings. The highest BCUT2D eigenvalue weighted by Gasteiger charge is 2.36. The average Bonchev–Trinajstić information content (AvgIpc) is 2.70. The maximum atomic E-state index is 13.0. The van der Waals surface area contributed by atoms with E-state index < -0.39 is 0 Å². The first-order valence-electron chi connectivity index (χ1n) is 11.0. The van der Waals surface area contributed by atoms with Crippen LogP contribution in [0.4, 0.5) is 5.69 Å². The first-order valence-corrected chi connectivity index (χ1v) is 11.0. The van der Waals surface area contributed by atoms with E-state index in [9.17, 15) is 4.79 Å². The van der Waals surface area contributed by atoms with Gasteiger partial charge in [-0.25, -0.2) is 0 Å². The molecule has 2 atom stereocenters. The number of carbonyl (C=O) groups is 1. The Bertz CT molecular complexity index is 664. The van der Waals surface area contributed by atoms with Crippen molar-refractivity contribution in [2.24, 2.45) is 5.92 Å². The predicted molar refractivity (Wildman–Crippen MR) is 111 cm³/mol. The number of carbonyl (C=O) groups excluding carboxylic acids is 1. The van der Waals surface area contributed by atoms with Crippen LogP contribution >= 0.6 is 0 Å². The third-order valence-electron chi connectivity index (χ3n) is 7.21. The van der Waals surface area contributed by atoms with Gasteiger partial charge in [0, 0.05) is 44.5 Å². The van der Waals surface area contributed by atoms with Gasteiger partial charge in [-0.3, -0.25) is 9.69 Å². The molecule has 27 heavy (non-hydrogen) atoms. The van der Waals surface area contributed by atoms with Crippen LogP contribution in [0.1, 0.15) is 49.7 Å². The normalized spacial score (nSPS) is 26.7. The minimum absolute atomic E-state index is 0.381. The number of aryl methyl sites for hydroxylation is 1. The molecule has 3 fully saturated rings. The van der Waals surface area contributed by atoms with Gasteiger partial charge in [-0.15, -0.1) is 0 Å². The largest absolute Gasteiger partial charge is 0.369 e. The van der Waals surface area contributed by atoms with Crippen molar-refractivity contribution in [2.75, 3.05) is 44.2 Å². The number of likely N-dealkylation sites (tertiary alicyclic amines) is 1. The number of nitrogens with zero attached hydrogens (tertiary/aromatic N) is 3. The van der Waals surface area contributed by atoms with Gasteiger partial charge in [0.25, 0.3) is 0 Å². The molecule has 0 bridgehead atoms. The summed E-state index contributed by atoms with van der Waals surface area (Å²) in [4.78, 5) is 20.2. The van der Waals surface area contributed by atoms with E-state index in [0.29, 0.717) is 18.5 Å². The zero-order valence-electron chi connectivity index (χ0n) is 17.1. The molecular formula is C23H35N3O. The van der Waals surface area contributed by atoms with Crippen molar-refractivity contribution in [1.29, 1.82) is 0 Å². The van der Waals surface area contributed by atoms with Crippen LogP contribution in [-0.4, -0.2) is 61.0 Å². The Labute approximate surface area is 164 Å². The Morgan fingerprint density at radius 2 is 1.70 bits per heavy atom. The number of piperidine rings is 1. The lowest BCUT2D eigenvalue weighted by Gasteiger charge is -2.45. The fourth-order valence-electron chi connectivity index (χ4n) is 5.44. The van der Waals surface area contributed by atoms with Crippen molar-refractivity contribution in [1.82, 2.24) is 9.80 Å². The smallest absolute Gasteiger partial charge is 0.237 e. The molecule has 1 amide bonds. The molecule has 2 saturated heterocycles. The highest BCUT2D eigenvalue weighted by molar-refractivity contribution is 5.79. The zero-order valence-corrected chi connectivity index (χ0v) is 17.1. The molecule has 2 heterocycles. The van der Waals surface area contributed by atoms with Crippen LogP contribution in [0.2, 0.25) is 0 Å². The van der Waals surface area contributed by atoms with E-state index >= 15 is 0 Å². The number of rotatable bonds is 3. The van der Waals surface area contributed by atoms with Crippen LogP contribution in [0, 0.1) is 19.8 Å². The Hall–Kier alpha value is -1.55. The summed E-state index contributed by atoms with van der Waals surface area (Å²) in [6.45, 7) is 10.0. The van der Waals surface area contributed by atoms with Crippen LogP contribution in [0.5, 0.6) is 0 Å². The molecule has 1 aromatic rings. The Morgan fingerprint density at radius 3 is 2.52 bits per heavy atom. The van der Waals surface area contributed by atoms with Crippen molar-refractivity contribution in [2.45, 2.75) is 58.4 Å². The number of piperazine rings is 1. The van der Waals surface area contributed by atoms with Gasteiger partial charge in [-0.05, 0) is 62.6 Å². The van der Waals surface area contributed by atoms with E-state index in [-0.39, 0.29) is 0 Å². The highest BCUT2D eigenvalue weighted by atomic mass is 16.2. The van der Waals surface area contributed by atoms with Gasteiger partial charge in [0.05, 0.1) is 6.54 Å². The predicted octanol–water partition coefficient (Wildman–Crippen LogP) is 3.61. The monoisotopic (exact) mass is 369 g/mol. The third-order valence-corrected chi connectivity index (χ3v) is 7.21. The van der Waals surface area contributed by atoms with E-state index in [1.165, 1.54) is 55.3 Å². The van der Waals surface area contributed by atoms with E-state index in [4.69, 9.17) is 0 Å². The molecule has 0 N–H and O–H groups in total. The molecule has 4 rings (SSSR count). The molecule has 0 aromatic heterocycles. The molecular weight excluding hydrogens is 334 g/mol. The van der Waals surface area contributed by atoms with Crippen LogP contribution in [0.15, 0.2) is 18.2 Å². The van der Waals surface area contributed by atoms with Crippen LogP contribution in [-0.2, 0) is 4.79 Å². The molecule has 148 valence electrons. The van der Waals surface area contributed by atoms with Crippen molar-refractivity contribution in [3.05, 3.63) is 29.3 Å². The molecule has 0 radical (unpaired) electrons. The number of amides is 1. The Morgan fingerprint density at radius 1 is 0.963 bits per heavy atom. The first kappa shape index (κ1) is 18.8. The molecule has 2 aliphatic heterocycles. The lowest BCUT2D eigenvalue weighted by Crippen LogP contribution is -2.54. The van der Waals surface area contributed by atoms with Gasteiger partial charge in [-0.2, -0.15) is 0 Å². The quantitative estimate of drug-likeness (QED) is 0.814. The number of fused-ring (bicyclic) bond motifs is 1. The molecule has 1 aromatic carbocycles. The summed E-state index contributed by atoms with van der Waals surface area (Å²) in [6, 6.07) is 7.12. The summed E-state index contributed by atoms with van der Waals surface area (Å²) in [5.41, 5.74) is 4.11. The molecule has 0 unspecified atom stereocenters. The van der Waals surface area contributed by atoms with Gasteiger partial charge in [0.1, 0.15) is 0 Å². The highest BCUT2D eigenvalue weighted by Crippen LogP contribution is 2.35. The van der Waals surface area contributed by atoms with Crippen molar-refractivity contribution in [3.63, 3.8) is 0 Å². The fraction of sp³-hybridized carbons (Fsp3) is 0.696. The second-order valence-corrected chi connectivity index (χ2v) is 8.82. The van der Waals surface area contributed by atoms with Crippen molar-refractivity contribution in [3.8, 4) is 0 Å². The van der Waals surface area contributed by atoms with E-state index in [1.807, 2.05) is 0 Å². The standard InChI is InChI=1S/C23H35N3O/c1-18-7-5-11-21(19(18)2)25-15-13-24(14-16-25)17-23(27)26-12-6-9-20-8-3-4-10-22(20)26/h5,7,11,20,22H,3-4,6,8-10,12-17H2,1-2H3/t20-,22-/m0/s1. The van der Waals surface area contributed by atoms with Crippen molar-refractivity contribution < 1.29 is 4.79 Å². The molecule has 1 saturated carbocycles. The van der Waals surface area contributed by atoms with Crippen LogP contribution in [0.25, 0.3) is 0 Å². The zero-order chi connectivity index (χ0) is 18.8. The minimum atomic E-state index is 0.381. The van der Waals surface area contributed by atoms with Crippen molar-refractivity contribution >= 4 is 11.6 Å².